The molecule has 16 heteroatoms. The summed E-state index contributed by atoms with van der Waals surface area (Å²) in [7, 11) is 2.51. The Balaban J connectivity index is 0. The number of nitrogens with one attached hydrogen (secondary N) is 1. The molecule has 0 amide bonds. The maximum atomic E-state index is 5.44. The molecule has 49 heavy (non-hydrogen) atoms. The lowest BCUT2D eigenvalue weighted by molar-refractivity contribution is 0.0843. The van der Waals surface area contributed by atoms with Crippen molar-refractivity contribution in [1.29, 1.82) is 0 Å². The highest BCUT2D eigenvalue weighted by Crippen LogP contribution is 2.17. The smallest absolute Gasteiger partial charge is 0.385 e. The molecule has 12 nitrogen and oxygen atoms in total. The van der Waals surface area contributed by atoms with Crippen LogP contribution in [0.3, 0.4) is 0 Å². The average molecular weight is 772 g/mol. The van der Waals surface area contributed by atoms with Gasteiger partial charge in [-0.1, -0.05) is 38.1 Å². The van der Waals surface area contributed by atoms with E-state index in [1.54, 1.807) is 48.4 Å². The summed E-state index contributed by atoms with van der Waals surface area (Å²) < 4.78 is 58.7. The van der Waals surface area contributed by atoms with Crippen molar-refractivity contribution in [3.05, 3.63) is 42.6 Å². The zero-order valence-electron chi connectivity index (χ0n) is 32.1. The van der Waals surface area contributed by atoms with Gasteiger partial charge in [-0.2, -0.15) is 12.6 Å². The van der Waals surface area contributed by atoms with Crippen LogP contribution >= 0.6 is 12.6 Å². The van der Waals surface area contributed by atoms with Gasteiger partial charge >= 0.3 is 26.4 Å². The van der Waals surface area contributed by atoms with Gasteiger partial charge in [-0.3, -0.25) is 0 Å². The van der Waals surface area contributed by atoms with Gasteiger partial charge in [0.05, 0.1) is 13.2 Å². The van der Waals surface area contributed by atoms with Crippen molar-refractivity contribution in [2.75, 3.05) is 99.9 Å². The number of epoxide rings is 1. The third-order valence-electron chi connectivity index (χ3n) is 6.90. The van der Waals surface area contributed by atoms with Crippen molar-refractivity contribution in [2.45, 2.75) is 71.6 Å². The summed E-state index contributed by atoms with van der Waals surface area (Å²) in [5.41, 5.74) is 2.80. The van der Waals surface area contributed by atoms with E-state index in [0.29, 0.717) is 39.1 Å². The minimum absolute atomic E-state index is 0.333. The number of para-hydroxylation sites is 1. The van der Waals surface area contributed by atoms with E-state index in [9.17, 15) is 0 Å². The summed E-state index contributed by atoms with van der Waals surface area (Å²) in [5.74, 6) is 1.04. The Morgan fingerprint density at radius 3 is 1.59 bits per heavy atom. The summed E-state index contributed by atoms with van der Waals surface area (Å²) >= 11 is 4.00. The molecule has 0 bridgehead atoms. The first kappa shape index (κ1) is 50.4. The molecule has 1 N–H and O–H groups in total. The highest BCUT2D eigenvalue weighted by atomic mass is 32.1. The number of hydrogen-bond donors (Lipinski definition) is 2. The van der Waals surface area contributed by atoms with Crippen molar-refractivity contribution < 1.29 is 49.3 Å². The molecule has 1 unspecified atom stereocenters. The fraction of sp³-hybridized carbons (Fsp3) is 0.758. The minimum Gasteiger partial charge on any atom is -0.385 e. The largest absolute Gasteiger partial charge is 0.528 e. The molecule has 1 heterocycles. The maximum Gasteiger partial charge on any atom is 0.528 e. The molecule has 1 saturated heterocycles. The van der Waals surface area contributed by atoms with Crippen molar-refractivity contribution >= 4 is 44.7 Å². The molecular formula is C33H69NO11SSi3. The summed E-state index contributed by atoms with van der Waals surface area (Å²) in [6.45, 7) is 16.5. The molecule has 1 aromatic carbocycles. The summed E-state index contributed by atoms with van der Waals surface area (Å²) in [6, 6.07) is 11.7. The third-order valence-corrected chi connectivity index (χ3v) is 15.5. The van der Waals surface area contributed by atoms with Crippen molar-refractivity contribution in [2.24, 2.45) is 0 Å². The molecule has 290 valence electrons. The molecule has 1 fully saturated rings. The molecule has 2 rings (SSSR count). The van der Waals surface area contributed by atoms with Gasteiger partial charge in [0, 0.05) is 93.4 Å². The Labute approximate surface area is 307 Å². The lowest BCUT2D eigenvalue weighted by Crippen LogP contribution is -2.44. The van der Waals surface area contributed by atoms with E-state index in [0.717, 1.165) is 49.5 Å². The van der Waals surface area contributed by atoms with Gasteiger partial charge in [-0.15, -0.1) is 0 Å². The van der Waals surface area contributed by atoms with Crippen LogP contribution in [0, 0.1) is 0 Å². The zero-order valence-corrected chi connectivity index (χ0v) is 36.0. The van der Waals surface area contributed by atoms with Gasteiger partial charge in [0.1, 0.15) is 6.10 Å². The average Bonchev–Trinajstić information content (AvgIpc) is 3.97. The van der Waals surface area contributed by atoms with E-state index in [2.05, 4.69) is 31.4 Å². The molecule has 0 radical (unpaired) electrons. The second-order valence-electron chi connectivity index (χ2n) is 10.3. The number of benzene rings is 1. The van der Waals surface area contributed by atoms with E-state index in [4.69, 9.17) is 49.3 Å². The predicted molar refractivity (Wildman–Crippen MR) is 207 cm³/mol. The quantitative estimate of drug-likeness (QED) is 0.0463. The molecular weight excluding hydrogens is 703 g/mol. The summed E-state index contributed by atoms with van der Waals surface area (Å²) in [4.78, 5) is 0. The lowest BCUT2D eigenvalue weighted by Gasteiger charge is -2.24. The minimum atomic E-state index is -2.51. The second-order valence-corrected chi connectivity index (χ2v) is 19.4. The van der Waals surface area contributed by atoms with Crippen LogP contribution in [0.5, 0.6) is 0 Å². The predicted octanol–water partition coefficient (Wildman–Crippen LogP) is 6.51. The van der Waals surface area contributed by atoms with Crippen LogP contribution in [0.4, 0.5) is 5.69 Å². The van der Waals surface area contributed by atoms with E-state index in [1.165, 1.54) is 12.8 Å². The van der Waals surface area contributed by atoms with Gasteiger partial charge in [-0.05, 0) is 63.6 Å². The number of unbranched alkanes of at least 4 members (excludes halogenated alkanes) is 1. The Hall–Kier alpha value is -0.679. The van der Waals surface area contributed by atoms with Crippen LogP contribution in [0.15, 0.2) is 42.6 Å². The van der Waals surface area contributed by atoms with Crippen LogP contribution in [0.25, 0.3) is 0 Å². The van der Waals surface area contributed by atoms with Crippen LogP contribution in [-0.4, -0.2) is 127 Å². The van der Waals surface area contributed by atoms with Crippen molar-refractivity contribution in [3.63, 3.8) is 0 Å². The molecule has 1 aliphatic heterocycles. The monoisotopic (exact) mass is 771 g/mol. The molecule has 1 aromatic rings. The van der Waals surface area contributed by atoms with Gasteiger partial charge < -0.3 is 54.6 Å². The molecule has 1 aliphatic rings. The van der Waals surface area contributed by atoms with Crippen LogP contribution in [-0.2, 0) is 49.3 Å². The number of ether oxygens (including phenoxy) is 2. The lowest BCUT2D eigenvalue weighted by atomic mass is 10.3. The highest BCUT2D eigenvalue weighted by Gasteiger charge is 2.38. The van der Waals surface area contributed by atoms with Gasteiger partial charge in [-0.25, -0.2) is 0 Å². The summed E-state index contributed by atoms with van der Waals surface area (Å²) in [5, 5.41) is 3.35. The number of rotatable bonds is 26. The van der Waals surface area contributed by atoms with E-state index in [1.807, 2.05) is 51.1 Å². The number of thiol groups is 1. The maximum absolute atomic E-state index is 5.44. The highest BCUT2D eigenvalue weighted by molar-refractivity contribution is 7.80. The van der Waals surface area contributed by atoms with Crippen LogP contribution < -0.4 is 5.32 Å². The SMILES string of the molecule is C=C[Si](OCC)(OCC)OCC.CCCCS.CO[Si](CCCNc1ccccc1)(OC)OC.CO[Si](CCCOCC1CO1)(OC)OC. The van der Waals surface area contributed by atoms with E-state index < -0.39 is 26.4 Å². The van der Waals surface area contributed by atoms with Crippen molar-refractivity contribution in [3.8, 4) is 0 Å². The van der Waals surface area contributed by atoms with Crippen LogP contribution in [0.1, 0.15) is 53.4 Å². The van der Waals surface area contributed by atoms with Gasteiger partial charge in [0.25, 0.3) is 0 Å². The Morgan fingerprint density at radius 2 is 1.24 bits per heavy atom. The van der Waals surface area contributed by atoms with Crippen LogP contribution in [0.2, 0.25) is 12.1 Å². The molecule has 0 aromatic heterocycles. The fourth-order valence-corrected chi connectivity index (χ4v) is 9.58. The molecule has 0 aliphatic carbocycles. The standard InChI is InChI=1S/C12H21NO3Si.C9H20O5Si.C8H18O3Si.C4H10S/c1-14-17(15-2,16-3)11-7-10-13-12-8-5-4-6-9-12;1-10-15(11-2,12-3)6-4-5-13-7-9-8-14-9;1-5-9-12(8-4,10-6-2)11-7-3;1-2-3-4-5/h4-6,8-9,13H,7,10-11H2,1-3H3;9H,4-8H2,1-3H3;8H,4-7H2,1-3H3;5H,2-4H2,1H3. The van der Waals surface area contributed by atoms with Gasteiger partial charge in [0.15, 0.2) is 0 Å². The first-order valence-electron chi connectivity index (χ1n) is 17.1. The number of anilines is 1. The Kier molecular flexibility index (Phi) is 34.1. The molecule has 0 spiro atoms. The van der Waals surface area contributed by atoms with E-state index >= 15 is 0 Å². The third kappa shape index (κ3) is 25.0. The summed E-state index contributed by atoms with van der Waals surface area (Å²) in [6.07, 6.45) is 4.69. The fourth-order valence-electron chi connectivity index (χ4n) is 4.04. The molecule has 0 saturated carbocycles. The van der Waals surface area contributed by atoms with Crippen molar-refractivity contribution in [1.82, 2.24) is 0 Å². The topological polar surface area (TPSA) is 117 Å². The molecule has 1 atom stereocenters. The Bertz CT molecular complexity index is 821. The van der Waals surface area contributed by atoms with Gasteiger partial charge in [0.2, 0.25) is 0 Å². The normalized spacial score (nSPS) is 14.0. The van der Waals surface area contributed by atoms with E-state index in [-0.39, 0.29) is 0 Å². The Morgan fingerprint density at radius 1 is 0.776 bits per heavy atom. The zero-order chi connectivity index (χ0) is 37.3. The second kappa shape index (κ2) is 33.2. The number of hydrogen-bond acceptors (Lipinski definition) is 13. The first-order valence-corrected chi connectivity index (χ1v) is 23.4. The first-order chi connectivity index (χ1) is 23.7.